The Balaban J connectivity index is 1.65. The number of rotatable bonds is 4. The van der Waals surface area contributed by atoms with Crippen LogP contribution in [-0.4, -0.2) is 18.6 Å². The summed E-state index contributed by atoms with van der Waals surface area (Å²) in [6.07, 6.45) is 6.12. The van der Waals surface area contributed by atoms with Crippen molar-refractivity contribution in [2.45, 2.75) is 44.2 Å². The van der Waals surface area contributed by atoms with Crippen molar-refractivity contribution in [3.8, 4) is 0 Å². The van der Waals surface area contributed by atoms with Crippen LogP contribution in [-0.2, 0) is 6.42 Å². The fraction of sp³-hybridized carbons (Fsp3) is 0.667. The molecule has 2 unspecified atom stereocenters. The van der Waals surface area contributed by atoms with Crippen molar-refractivity contribution >= 4 is 11.3 Å². The lowest BCUT2D eigenvalue weighted by atomic mass is 9.91. The lowest BCUT2D eigenvalue weighted by Gasteiger charge is -2.27. The summed E-state index contributed by atoms with van der Waals surface area (Å²) in [5.74, 6) is 0. The predicted octanol–water partition coefficient (Wildman–Crippen LogP) is 2.15. The Labute approximate surface area is 95.9 Å². The Morgan fingerprint density at radius 1 is 1.47 bits per heavy atom. The van der Waals surface area contributed by atoms with Gasteiger partial charge in [-0.15, -0.1) is 11.3 Å². The number of nitrogens with one attached hydrogen (secondary N) is 1. The van der Waals surface area contributed by atoms with Crippen LogP contribution in [0.25, 0.3) is 0 Å². The SMILES string of the molecule is NC1CCCC(NCCc2cccs2)C1. The first-order valence-electron chi connectivity index (χ1n) is 5.86. The lowest BCUT2D eigenvalue weighted by Crippen LogP contribution is -2.40. The van der Waals surface area contributed by atoms with Crippen LogP contribution in [0.3, 0.4) is 0 Å². The van der Waals surface area contributed by atoms with Crippen LogP contribution in [0.1, 0.15) is 30.6 Å². The van der Waals surface area contributed by atoms with Crippen molar-refractivity contribution in [2.24, 2.45) is 5.73 Å². The van der Waals surface area contributed by atoms with E-state index in [0.717, 1.165) is 19.4 Å². The van der Waals surface area contributed by atoms with E-state index in [2.05, 4.69) is 22.8 Å². The maximum absolute atomic E-state index is 5.95. The molecule has 0 aliphatic heterocycles. The molecule has 84 valence electrons. The summed E-state index contributed by atoms with van der Waals surface area (Å²) in [6.45, 7) is 1.10. The number of thiophene rings is 1. The van der Waals surface area contributed by atoms with Gasteiger partial charge in [0.25, 0.3) is 0 Å². The van der Waals surface area contributed by atoms with Gasteiger partial charge < -0.3 is 11.1 Å². The zero-order valence-electron chi connectivity index (χ0n) is 9.11. The molecule has 1 heterocycles. The molecule has 3 heteroatoms. The quantitative estimate of drug-likeness (QED) is 0.822. The summed E-state index contributed by atoms with van der Waals surface area (Å²) in [4.78, 5) is 1.47. The van der Waals surface area contributed by atoms with E-state index in [1.165, 1.54) is 24.1 Å². The molecule has 2 rings (SSSR count). The topological polar surface area (TPSA) is 38.0 Å². The fourth-order valence-corrected chi connectivity index (χ4v) is 2.98. The molecule has 1 fully saturated rings. The standard InChI is InChI=1S/C12H20N2S/c13-10-3-1-4-11(9-10)14-7-6-12-5-2-8-15-12/h2,5,8,10-11,14H,1,3-4,6-7,9,13H2. The molecular formula is C12H20N2S. The molecule has 0 spiro atoms. The van der Waals surface area contributed by atoms with Crippen molar-refractivity contribution in [3.63, 3.8) is 0 Å². The third-order valence-corrected chi connectivity index (χ3v) is 4.04. The van der Waals surface area contributed by atoms with Gasteiger partial charge in [-0.1, -0.05) is 12.5 Å². The summed E-state index contributed by atoms with van der Waals surface area (Å²) in [7, 11) is 0. The van der Waals surface area contributed by atoms with E-state index < -0.39 is 0 Å². The Morgan fingerprint density at radius 3 is 3.13 bits per heavy atom. The van der Waals surface area contributed by atoms with Crippen molar-refractivity contribution in [3.05, 3.63) is 22.4 Å². The van der Waals surface area contributed by atoms with Crippen molar-refractivity contribution in [1.29, 1.82) is 0 Å². The second kappa shape index (κ2) is 5.64. The highest BCUT2D eigenvalue weighted by Crippen LogP contribution is 2.17. The van der Waals surface area contributed by atoms with Crippen LogP contribution in [0.4, 0.5) is 0 Å². The zero-order valence-corrected chi connectivity index (χ0v) is 9.93. The van der Waals surface area contributed by atoms with E-state index in [1.807, 2.05) is 11.3 Å². The molecular weight excluding hydrogens is 204 g/mol. The minimum absolute atomic E-state index is 0.429. The minimum Gasteiger partial charge on any atom is -0.328 e. The minimum atomic E-state index is 0.429. The van der Waals surface area contributed by atoms with E-state index in [-0.39, 0.29) is 0 Å². The molecule has 0 saturated heterocycles. The third-order valence-electron chi connectivity index (χ3n) is 3.10. The van der Waals surface area contributed by atoms with Crippen molar-refractivity contribution < 1.29 is 0 Å². The highest BCUT2D eigenvalue weighted by atomic mass is 32.1. The van der Waals surface area contributed by atoms with Crippen LogP contribution in [0.5, 0.6) is 0 Å². The normalized spacial score (nSPS) is 26.7. The van der Waals surface area contributed by atoms with E-state index in [9.17, 15) is 0 Å². The fourth-order valence-electron chi connectivity index (χ4n) is 2.27. The van der Waals surface area contributed by atoms with Crippen LogP contribution in [0.15, 0.2) is 17.5 Å². The van der Waals surface area contributed by atoms with Crippen LogP contribution in [0.2, 0.25) is 0 Å². The average molecular weight is 224 g/mol. The van der Waals surface area contributed by atoms with E-state index in [1.54, 1.807) is 0 Å². The Kier molecular flexibility index (Phi) is 4.18. The summed E-state index contributed by atoms with van der Waals surface area (Å²) in [5, 5.41) is 5.76. The molecule has 3 N–H and O–H groups in total. The zero-order chi connectivity index (χ0) is 10.5. The van der Waals surface area contributed by atoms with Gasteiger partial charge in [0.1, 0.15) is 0 Å². The second-order valence-corrected chi connectivity index (χ2v) is 5.44. The molecule has 2 nitrogen and oxygen atoms in total. The molecule has 1 aliphatic carbocycles. The molecule has 15 heavy (non-hydrogen) atoms. The first kappa shape index (κ1) is 11.1. The smallest absolute Gasteiger partial charge is 0.00819 e. The maximum Gasteiger partial charge on any atom is 0.00819 e. The van der Waals surface area contributed by atoms with Crippen LogP contribution >= 0.6 is 11.3 Å². The lowest BCUT2D eigenvalue weighted by molar-refractivity contribution is 0.341. The van der Waals surface area contributed by atoms with Crippen LogP contribution < -0.4 is 11.1 Å². The monoisotopic (exact) mass is 224 g/mol. The molecule has 0 radical (unpaired) electrons. The first-order valence-corrected chi connectivity index (χ1v) is 6.74. The maximum atomic E-state index is 5.95. The van der Waals surface area contributed by atoms with Gasteiger partial charge >= 0.3 is 0 Å². The molecule has 1 saturated carbocycles. The van der Waals surface area contributed by atoms with Gasteiger partial charge in [-0.25, -0.2) is 0 Å². The van der Waals surface area contributed by atoms with Gasteiger partial charge in [0.2, 0.25) is 0 Å². The molecule has 0 bridgehead atoms. The summed E-state index contributed by atoms with van der Waals surface area (Å²) in [5.41, 5.74) is 5.95. The van der Waals surface area contributed by atoms with Gasteiger partial charge in [-0.3, -0.25) is 0 Å². The van der Waals surface area contributed by atoms with Crippen LogP contribution in [0, 0.1) is 0 Å². The molecule has 0 aromatic carbocycles. The molecule has 1 aliphatic rings. The van der Waals surface area contributed by atoms with E-state index in [0.29, 0.717) is 12.1 Å². The molecule has 2 atom stereocenters. The number of nitrogens with two attached hydrogens (primary N) is 1. The molecule has 1 aromatic heterocycles. The number of hydrogen-bond acceptors (Lipinski definition) is 3. The van der Waals surface area contributed by atoms with Crippen molar-refractivity contribution in [1.82, 2.24) is 5.32 Å². The van der Waals surface area contributed by atoms with Gasteiger partial charge in [-0.2, -0.15) is 0 Å². The van der Waals surface area contributed by atoms with Gasteiger partial charge in [-0.05, 0) is 37.1 Å². The Hall–Kier alpha value is -0.380. The van der Waals surface area contributed by atoms with E-state index >= 15 is 0 Å². The molecule has 1 aromatic rings. The molecule has 0 amide bonds. The Bertz CT molecular complexity index is 271. The first-order chi connectivity index (χ1) is 7.34. The van der Waals surface area contributed by atoms with E-state index in [4.69, 9.17) is 5.73 Å². The second-order valence-electron chi connectivity index (χ2n) is 4.41. The highest BCUT2D eigenvalue weighted by Gasteiger charge is 2.17. The predicted molar refractivity (Wildman–Crippen MR) is 66.3 cm³/mol. The van der Waals surface area contributed by atoms with Gasteiger partial charge in [0, 0.05) is 23.5 Å². The average Bonchev–Trinajstić information content (AvgIpc) is 2.71. The summed E-state index contributed by atoms with van der Waals surface area (Å²) in [6, 6.07) is 5.42. The highest BCUT2D eigenvalue weighted by molar-refractivity contribution is 7.09. The summed E-state index contributed by atoms with van der Waals surface area (Å²) >= 11 is 1.85. The number of hydrogen-bond donors (Lipinski definition) is 2. The summed E-state index contributed by atoms with van der Waals surface area (Å²) < 4.78 is 0. The largest absolute Gasteiger partial charge is 0.328 e. The van der Waals surface area contributed by atoms with Gasteiger partial charge in [0.15, 0.2) is 0 Å². The van der Waals surface area contributed by atoms with Crippen molar-refractivity contribution in [2.75, 3.05) is 6.54 Å². The van der Waals surface area contributed by atoms with Gasteiger partial charge in [0.05, 0.1) is 0 Å². The third kappa shape index (κ3) is 3.59. The Morgan fingerprint density at radius 2 is 2.40 bits per heavy atom.